The molecule has 1 aliphatic heterocycles. The van der Waals surface area contributed by atoms with Gasteiger partial charge in [-0.05, 0) is 30.4 Å². The molecule has 0 aliphatic carbocycles. The van der Waals surface area contributed by atoms with Crippen LogP contribution in [0, 0.1) is 11.3 Å². The first-order valence-electron chi connectivity index (χ1n) is 10.1. The normalized spacial score (nSPS) is 14.6. The Labute approximate surface area is 185 Å². The van der Waals surface area contributed by atoms with Gasteiger partial charge in [0.25, 0.3) is 0 Å². The first-order chi connectivity index (χ1) is 15.2. The van der Waals surface area contributed by atoms with Gasteiger partial charge >= 0.3 is 0 Å². The van der Waals surface area contributed by atoms with E-state index in [-0.39, 0.29) is 5.91 Å². The number of para-hydroxylation sites is 1. The van der Waals surface area contributed by atoms with E-state index in [1.54, 1.807) is 29.2 Å². The molecule has 3 aromatic rings. The molecule has 7 nitrogen and oxygen atoms in total. The smallest absolute Gasteiger partial charge is 0.247 e. The Hall–Kier alpha value is -3.44. The Morgan fingerprint density at radius 1 is 1.16 bits per heavy atom. The van der Waals surface area contributed by atoms with Crippen molar-refractivity contribution in [1.29, 1.82) is 5.26 Å². The molecular formula is C23H21N5O2S. The fourth-order valence-corrected chi connectivity index (χ4v) is 3.95. The summed E-state index contributed by atoms with van der Waals surface area (Å²) >= 11 is 1.47. The third kappa shape index (κ3) is 4.09. The van der Waals surface area contributed by atoms with Gasteiger partial charge in [0.1, 0.15) is 0 Å². The number of fused-ring (bicyclic) bond motifs is 3. The maximum Gasteiger partial charge on any atom is 0.247 e. The number of benzene rings is 2. The van der Waals surface area contributed by atoms with E-state index in [4.69, 9.17) is 10.00 Å². The molecule has 1 atom stereocenters. The number of carbonyl (C=O) groups excluding carboxylic acids is 1. The number of nitrogens with zero attached hydrogens (tertiary/aromatic N) is 5. The SMILES string of the molecule is CCCC(=O)N1c2ccccc2-c2nnc(SCC)nc2O[C@H]1c1ccc(C#N)cc1. The van der Waals surface area contributed by atoms with Crippen LogP contribution in [0.2, 0.25) is 0 Å². The number of aromatic nitrogens is 3. The lowest BCUT2D eigenvalue weighted by Gasteiger charge is -2.31. The van der Waals surface area contributed by atoms with E-state index < -0.39 is 6.23 Å². The zero-order valence-corrected chi connectivity index (χ0v) is 18.1. The molecule has 0 radical (unpaired) electrons. The van der Waals surface area contributed by atoms with E-state index in [9.17, 15) is 4.79 Å². The molecule has 0 bridgehead atoms. The first-order valence-corrected chi connectivity index (χ1v) is 11.1. The minimum Gasteiger partial charge on any atom is -0.447 e. The lowest BCUT2D eigenvalue weighted by atomic mass is 10.1. The van der Waals surface area contributed by atoms with Gasteiger partial charge in [-0.15, -0.1) is 10.2 Å². The lowest BCUT2D eigenvalue weighted by Crippen LogP contribution is -2.37. The van der Waals surface area contributed by atoms with Gasteiger partial charge in [0.05, 0.1) is 17.3 Å². The second kappa shape index (κ2) is 9.14. The van der Waals surface area contributed by atoms with E-state index in [0.717, 1.165) is 16.9 Å². The Morgan fingerprint density at radius 3 is 2.65 bits per heavy atom. The number of hydrogen-bond donors (Lipinski definition) is 0. The van der Waals surface area contributed by atoms with Crippen LogP contribution in [0.1, 0.15) is 44.0 Å². The van der Waals surface area contributed by atoms with Crippen LogP contribution in [-0.2, 0) is 4.79 Å². The topological polar surface area (TPSA) is 92.0 Å². The molecule has 156 valence electrons. The minimum absolute atomic E-state index is 0.0618. The average Bonchev–Trinajstić information content (AvgIpc) is 2.94. The van der Waals surface area contributed by atoms with Crippen molar-refractivity contribution in [2.24, 2.45) is 0 Å². The molecule has 0 saturated heterocycles. The fraction of sp³-hybridized carbons (Fsp3) is 0.261. The summed E-state index contributed by atoms with van der Waals surface area (Å²) in [4.78, 5) is 19.5. The number of hydrogen-bond acceptors (Lipinski definition) is 7. The van der Waals surface area contributed by atoms with Crippen LogP contribution < -0.4 is 9.64 Å². The highest BCUT2D eigenvalue weighted by Crippen LogP contribution is 2.43. The first kappa shape index (κ1) is 20.8. The predicted molar refractivity (Wildman–Crippen MR) is 119 cm³/mol. The average molecular weight is 432 g/mol. The van der Waals surface area contributed by atoms with E-state index in [0.29, 0.717) is 40.8 Å². The molecule has 31 heavy (non-hydrogen) atoms. The van der Waals surface area contributed by atoms with Crippen LogP contribution >= 0.6 is 11.8 Å². The number of thioether (sulfide) groups is 1. The molecule has 0 saturated carbocycles. The Bertz CT molecular complexity index is 1140. The van der Waals surface area contributed by atoms with Gasteiger partial charge in [0.2, 0.25) is 23.2 Å². The summed E-state index contributed by atoms with van der Waals surface area (Å²) in [6.07, 6.45) is 0.335. The standard InChI is InChI=1S/C23H21N5O2S/c1-3-7-19(29)28-18-9-6-5-8-17(18)20-21(25-23(27-26-20)31-4-2)30-22(28)16-12-10-15(14-24)11-13-16/h5-6,8-13,22H,3-4,7H2,1-2H3/t22-/m0/s1. The van der Waals surface area contributed by atoms with Gasteiger partial charge in [-0.25, -0.2) is 0 Å². The Balaban J connectivity index is 1.92. The monoisotopic (exact) mass is 431 g/mol. The zero-order valence-electron chi connectivity index (χ0n) is 17.3. The van der Waals surface area contributed by atoms with E-state index in [1.165, 1.54) is 11.8 Å². The number of amides is 1. The van der Waals surface area contributed by atoms with Crippen LogP contribution in [0.25, 0.3) is 11.3 Å². The van der Waals surface area contributed by atoms with Gasteiger partial charge in [0, 0.05) is 17.5 Å². The maximum atomic E-state index is 13.3. The fourth-order valence-electron chi connectivity index (χ4n) is 3.45. The van der Waals surface area contributed by atoms with Gasteiger partial charge in [-0.1, -0.05) is 55.9 Å². The molecule has 0 fully saturated rings. The maximum absolute atomic E-state index is 13.3. The number of nitriles is 1. The molecule has 1 amide bonds. The Morgan fingerprint density at radius 2 is 1.94 bits per heavy atom. The minimum atomic E-state index is -0.745. The highest BCUT2D eigenvalue weighted by atomic mass is 32.2. The molecule has 4 rings (SSSR count). The summed E-state index contributed by atoms with van der Waals surface area (Å²) < 4.78 is 6.36. The number of carbonyl (C=O) groups is 1. The van der Waals surface area contributed by atoms with E-state index in [1.807, 2.05) is 38.1 Å². The van der Waals surface area contributed by atoms with Crippen molar-refractivity contribution in [2.45, 2.75) is 38.1 Å². The molecule has 8 heteroatoms. The van der Waals surface area contributed by atoms with Gasteiger partial charge in [-0.3, -0.25) is 9.69 Å². The van der Waals surface area contributed by atoms with Crippen LogP contribution in [0.4, 0.5) is 5.69 Å². The summed E-state index contributed by atoms with van der Waals surface area (Å²) in [6.45, 7) is 3.98. The summed E-state index contributed by atoms with van der Waals surface area (Å²) in [5.74, 6) is 1.07. The van der Waals surface area contributed by atoms with E-state index in [2.05, 4.69) is 21.3 Å². The third-order valence-corrected chi connectivity index (χ3v) is 5.56. The van der Waals surface area contributed by atoms with Crippen LogP contribution in [0.15, 0.2) is 53.7 Å². The highest BCUT2D eigenvalue weighted by Gasteiger charge is 2.35. The van der Waals surface area contributed by atoms with Gasteiger partial charge in [-0.2, -0.15) is 10.2 Å². The van der Waals surface area contributed by atoms with Crippen molar-refractivity contribution in [2.75, 3.05) is 10.7 Å². The third-order valence-electron chi connectivity index (χ3n) is 4.84. The van der Waals surface area contributed by atoms with Crippen molar-refractivity contribution in [3.63, 3.8) is 0 Å². The van der Waals surface area contributed by atoms with Gasteiger partial charge in [0.15, 0.2) is 5.69 Å². The summed E-state index contributed by atoms with van der Waals surface area (Å²) in [5, 5.41) is 18.3. The molecule has 0 N–H and O–H groups in total. The number of rotatable bonds is 5. The second-order valence-corrected chi connectivity index (χ2v) is 8.15. The molecule has 1 aliphatic rings. The lowest BCUT2D eigenvalue weighted by molar-refractivity contribution is -0.120. The van der Waals surface area contributed by atoms with E-state index >= 15 is 0 Å². The Kier molecular flexibility index (Phi) is 6.14. The van der Waals surface area contributed by atoms with Crippen molar-refractivity contribution in [1.82, 2.24) is 15.2 Å². The van der Waals surface area contributed by atoms with Crippen LogP contribution in [0.5, 0.6) is 5.88 Å². The largest absolute Gasteiger partial charge is 0.447 e. The predicted octanol–water partition coefficient (Wildman–Crippen LogP) is 4.75. The molecular weight excluding hydrogens is 410 g/mol. The molecule has 0 unspecified atom stereocenters. The van der Waals surface area contributed by atoms with Crippen LogP contribution in [-0.4, -0.2) is 26.8 Å². The summed E-state index contributed by atoms with van der Waals surface area (Å²) in [7, 11) is 0. The van der Waals surface area contributed by atoms with Crippen molar-refractivity contribution < 1.29 is 9.53 Å². The van der Waals surface area contributed by atoms with Crippen molar-refractivity contribution in [3.05, 3.63) is 59.7 Å². The van der Waals surface area contributed by atoms with Gasteiger partial charge < -0.3 is 4.74 Å². The molecule has 2 heterocycles. The summed E-state index contributed by atoms with van der Waals surface area (Å²) in [5.41, 5.74) is 3.22. The van der Waals surface area contributed by atoms with Crippen molar-refractivity contribution in [3.8, 4) is 23.2 Å². The quantitative estimate of drug-likeness (QED) is 0.538. The highest BCUT2D eigenvalue weighted by molar-refractivity contribution is 7.99. The zero-order chi connectivity index (χ0) is 21.8. The molecule has 0 spiro atoms. The summed E-state index contributed by atoms with van der Waals surface area (Å²) in [6, 6.07) is 16.7. The molecule has 1 aromatic heterocycles. The second-order valence-electron chi connectivity index (χ2n) is 6.92. The number of ether oxygens (including phenoxy) is 1. The number of anilines is 1. The van der Waals surface area contributed by atoms with Crippen LogP contribution in [0.3, 0.4) is 0 Å². The molecule has 2 aromatic carbocycles. The van der Waals surface area contributed by atoms with Crippen molar-refractivity contribution >= 4 is 23.4 Å².